The van der Waals surface area contributed by atoms with Crippen molar-refractivity contribution in [3.63, 3.8) is 0 Å². The first-order chi connectivity index (χ1) is 32.9. The number of amides is 3. The Kier molecular flexibility index (Phi) is 53.7. The van der Waals surface area contributed by atoms with E-state index < -0.39 is 0 Å². The largest absolute Gasteiger partial charge is 3.00 e. The van der Waals surface area contributed by atoms with E-state index in [1.165, 1.54) is 136 Å². The SMILES string of the molecule is CCCCC(CC)CN(CC(CC)CCCC)C(=O)CC(C)=O.CCCCC(CC)CN(CC(CC)CCCC)C(=O)CC(C)=O.CCCCC(CC)CN(CC(CC)CCCC)C(=O)CC(C)=O.[Fe+3]. The van der Waals surface area contributed by atoms with Crippen LogP contribution in [-0.2, 0) is 45.8 Å². The number of hydrogen-bond donors (Lipinski definition) is 0. The van der Waals surface area contributed by atoms with Crippen molar-refractivity contribution in [1.29, 1.82) is 0 Å². The van der Waals surface area contributed by atoms with Crippen LogP contribution in [0.4, 0.5) is 0 Å². The summed E-state index contributed by atoms with van der Waals surface area (Å²) in [5.74, 6) is 3.40. The number of Topliss-reactive ketones (excluding diaryl/α,β-unsaturated/α-hetero) is 3. The van der Waals surface area contributed by atoms with Crippen molar-refractivity contribution >= 4 is 35.1 Å². The van der Waals surface area contributed by atoms with E-state index in [4.69, 9.17) is 0 Å². The molecule has 1 radical (unpaired) electrons. The van der Waals surface area contributed by atoms with Crippen LogP contribution in [0.3, 0.4) is 0 Å². The summed E-state index contributed by atoms with van der Waals surface area (Å²) >= 11 is 0. The van der Waals surface area contributed by atoms with Crippen LogP contribution < -0.4 is 0 Å². The van der Waals surface area contributed by atoms with Gasteiger partial charge < -0.3 is 14.7 Å². The molecule has 0 N–H and O–H groups in total. The summed E-state index contributed by atoms with van der Waals surface area (Å²) in [6.07, 6.45) is 28.5. The van der Waals surface area contributed by atoms with Crippen LogP contribution in [0.5, 0.6) is 0 Å². The molecule has 0 aliphatic rings. The zero-order chi connectivity index (χ0) is 53.0. The van der Waals surface area contributed by atoms with Gasteiger partial charge in [-0.25, -0.2) is 0 Å². The zero-order valence-electron chi connectivity index (χ0n) is 48.9. The Bertz CT molecular complexity index is 1090. The first-order valence-corrected chi connectivity index (χ1v) is 29.2. The minimum atomic E-state index is -0.0248. The van der Waals surface area contributed by atoms with E-state index in [1.807, 2.05) is 14.7 Å². The molecule has 9 nitrogen and oxygen atoms in total. The molecule has 0 heterocycles. The smallest absolute Gasteiger partial charge is 0.342 e. The van der Waals surface area contributed by atoms with Crippen LogP contribution >= 0.6 is 0 Å². The van der Waals surface area contributed by atoms with Gasteiger partial charge in [0, 0.05) is 39.3 Å². The summed E-state index contributed by atoms with van der Waals surface area (Å²) in [6.45, 7) is 36.0. The summed E-state index contributed by atoms with van der Waals surface area (Å²) < 4.78 is 0. The minimum absolute atomic E-state index is 0. The predicted molar refractivity (Wildman–Crippen MR) is 295 cm³/mol. The van der Waals surface area contributed by atoms with E-state index in [1.54, 1.807) is 0 Å². The Hall–Kier alpha value is -2.06. The molecule has 0 aromatic carbocycles. The van der Waals surface area contributed by atoms with E-state index in [0.29, 0.717) is 35.5 Å². The van der Waals surface area contributed by atoms with Crippen LogP contribution in [0.1, 0.15) is 277 Å². The normalized spacial score (nSPS) is 13.4. The van der Waals surface area contributed by atoms with E-state index in [-0.39, 0.29) is 71.4 Å². The minimum Gasteiger partial charge on any atom is -0.342 e. The van der Waals surface area contributed by atoms with Gasteiger partial charge in [-0.2, -0.15) is 0 Å². The van der Waals surface area contributed by atoms with Crippen LogP contribution in [0, 0.1) is 35.5 Å². The summed E-state index contributed by atoms with van der Waals surface area (Å²) in [5.41, 5.74) is 0. The summed E-state index contributed by atoms with van der Waals surface area (Å²) in [5, 5.41) is 0. The molecule has 3 amide bonds. The van der Waals surface area contributed by atoms with E-state index in [9.17, 15) is 28.8 Å². The average Bonchev–Trinajstić information content (AvgIpc) is 3.32. The molecule has 0 aromatic heterocycles. The fraction of sp³-hybridized carbons (Fsp3) is 0.900. The van der Waals surface area contributed by atoms with Gasteiger partial charge in [-0.05, 0) is 94.8 Å². The molecule has 6 atom stereocenters. The molecule has 0 aliphatic carbocycles. The first-order valence-electron chi connectivity index (χ1n) is 29.2. The number of hydrogen-bond acceptors (Lipinski definition) is 6. The number of carbonyl (C=O) groups is 6. The van der Waals surface area contributed by atoms with Gasteiger partial charge in [0.15, 0.2) is 0 Å². The van der Waals surface area contributed by atoms with Crippen molar-refractivity contribution in [2.24, 2.45) is 35.5 Å². The zero-order valence-corrected chi connectivity index (χ0v) is 50.0. The number of ketones is 3. The topological polar surface area (TPSA) is 112 Å². The van der Waals surface area contributed by atoms with Gasteiger partial charge in [0.2, 0.25) is 17.7 Å². The van der Waals surface area contributed by atoms with Gasteiger partial charge in [-0.3, -0.25) is 28.8 Å². The molecule has 0 saturated heterocycles. The number of rotatable bonds is 42. The van der Waals surface area contributed by atoms with Gasteiger partial charge >= 0.3 is 17.1 Å². The van der Waals surface area contributed by atoms with Gasteiger partial charge in [-0.15, -0.1) is 0 Å². The third-order valence-electron chi connectivity index (χ3n) is 14.4. The van der Waals surface area contributed by atoms with Gasteiger partial charge in [-0.1, -0.05) is 199 Å². The Morgan fingerprint density at radius 3 is 0.529 bits per heavy atom. The summed E-state index contributed by atoms with van der Waals surface area (Å²) in [7, 11) is 0. The monoisotopic (exact) mass is 1030 g/mol. The molecule has 0 aromatic rings. The maximum absolute atomic E-state index is 12.5. The quantitative estimate of drug-likeness (QED) is 0.0445. The van der Waals surface area contributed by atoms with Crippen molar-refractivity contribution in [3.8, 4) is 0 Å². The van der Waals surface area contributed by atoms with Crippen molar-refractivity contribution < 1.29 is 45.8 Å². The van der Waals surface area contributed by atoms with Crippen LogP contribution in [0.2, 0.25) is 0 Å². The van der Waals surface area contributed by atoms with Crippen LogP contribution in [-0.4, -0.2) is 89.0 Å². The van der Waals surface area contributed by atoms with Crippen LogP contribution in [0.25, 0.3) is 0 Å². The summed E-state index contributed by atoms with van der Waals surface area (Å²) in [6, 6.07) is 0. The third kappa shape index (κ3) is 41.4. The number of carbonyl (C=O) groups excluding carboxylic acids is 6. The van der Waals surface area contributed by atoms with Crippen molar-refractivity contribution in [3.05, 3.63) is 0 Å². The molecule has 10 heteroatoms. The fourth-order valence-corrected chi connectivity index (χ4v) is 9.18. The number of nitrogens with zero attached hydrogens (tertiary/aromatic N) is 3. The second kappa shape index (κ2) is 50.5. The molecule has 0 fully saturated rings. The van der Waals surface area contributed by atoms with Crippen molar-refractivity contribution in [2.75, 3.05) is 39.3 Å². The Morgan fingerprint density at radius 1 is 0.286 bits per heavy atom. The average molecular weight is 1030 g/mol. The maximum atomic E-state index is 12.5. The molecule has 0 saturated carbocycles. The fourth-order valence-electron chi connectivity index (χ4n) is 9.18. The second-order valence-electron chi connectivity index (χ2n) is 21.0. The molecule has 0 bridgehead atoms. The Balaban J connectivity index is -0.000000463. The molecule has 0 spiro atoms. The third-order valence-corrected chi connectivity index (χ3v) is 14.4. The second-order valence-corrected chi connectivity index (χ2v) is 21.0. The van der Waals surface area contributed by atoms with Crippen molar-refractivity contribution in [1.82, 2.24) is 14.7 Å². The standard InChI is InChI=1S/3C20H39NO2.Fe/c3*1-6-10-12-18(8-3)15-21(20(23)14-17(5)22)16-19(9-4)13-11-7-2;/h3*18-19H,6-16H2,1-5H3;/q;;;+3. The molecular formula is C60H117FeN3O6+3. The first kappa shape index (κ1) is 74.5. The maximum Gasteiger partial charge on any atom is 3.00 e. The van der Waals surface area contributed by atoms with E-state index in [2.05, 4.69) is 83.1 Å². The van der Waals surface area contributed by atoms with Gasteiger partial charge in [0.25, 0.3) is 0 Å². The van der Waals surface area contributed by atoms with Gasteiger partial charge in [0.1, 0.15) is 17.3 Å². The molecule has 70 heavy (non-hydrogen) atoms. The van der Waals surface area contributed by atoms with Crippen molar-refractivity contribution in [2.45, 2.75) is 277 Å². The molecule has 0 rings (SSSR count). The Labute approximate surface area is 445 Å². The molecule has 6 unspecified atom stereocenters. The summed E-state index contributed by atoms with van der Waals surface area (Å²) in [4.78, 5) is 77.6. The molecule has 413 valence electrons. The van der Waals surface area contributed by atoms with E-state index in [0.717, 1.165) is 77.8 Å². The van der Waals surface area contributed by atoms with Gasteiger partial charge in [0.05, 0.1) is 19.3 Å². The predicted octanol–water partition coefficient (Wildman–Crippen LogP) is 15.7. The number of unbranched alkanes of at least 4 members (excludes halogenated alkanes) is 6. The van der Waals surface area contributed by atoms with Crippen LogP contribution in [0.15, 0.2) is 0 Å². The Morgan fingerprint density at radius 2 is 0.429 bits per heavy atom. The molecular weight excluding hydrogens is 915 g/mol. The molecule has 0 aliphatic heterocycles. The van der Waals surface area contributed by atoms with E-state index >= 15 is 0 Å².